The number of aromatic nitrogens is 4. The maximum Gasteiger partial charge on any atom is 0.214 e. The fourth-order valence-corrected chi connectivity index (χ4v) is 3.15. The van der Waals surface area contributed by atoms with Crippen molar-refractivity contribution in [1.82, 2.24) is 20.2 Å². The minimum Gasteiger partial charge on any atom is -0.293 e. The third kappa shape index (κ3) is 3.74. The number of hydrogen-bond acceptors (Lipinski definition) is 5. The lowest BCUT2D eigenvalue weighted by atomic mass is 10.1. The zero-order chi connectivity index (χ0) is 18.0. The molecule has 2 aromatic carbocycles. The van der Waals surface area contributed by atoms with Crippen LogP contribution in [0, 0.1) is 18.6 Å². The van der Waals surface area contributed by atoms with Crippen molar-refractivity contribution in [1.29, 1.82) is 0 Å². The molecule has 0 radical (unpaired) electrons. The van der Waals surface area contributed by atoms with Crippen molar-refractivity contribution in [2.24, 2.45) is 0 Å². The lowest BCUT2D eigenvalue weighted by molar-refractivity contribution is 0.0993. The molecule has 0 amide bonds. The zero-order valence-corrected chi connectivity index (χ0v) is 14.3. The Morgan fingerprint density at radius 3 is 2.68 bits per heavy atom. The maximum absolute atomic E-state index is 13.3. The maximum atomic E-state index is 13.3. The summed E-state index contributed by atoms with van der Waals surface area (Å²) in [6.07, 6.45) is 0. The molecule has 25 heavy (non-hydrogen) atoms. The Balaban J connectivity index is 1.82. The highest BCUT2D eigenvalue weighted by Gasteiger charge is 2.21. The predicted molar refractivity (Wildman–Crippen MR) is 89.9 cm³/mol. The number of aryl methyl sites for hydroxylation is 1. The van der Waals surface area contributed by atoms with Crippen molar-refractivity contribution in [3.05, 3.63) is 65.2 Å². The number of benzene rings is 2. The first-order valence-electron chi connectivity index (χ1n) is 7.47. The van der Waals surface area contributed by atoms with Crippen LogP contribution in [0.2, 0.25) is 0 Å². The highest BCUT2D eigenvalue weighted by molar-refractivity contribution is 8.00. The Bertz CT molecular complexity index is 929. The second-order valence-corrected chi connectivity index (χ2v) is 6.77. The molecule has 0 aliphatic rings. The van der Waals surface area contributed by atoms with E-state index in [9.17, 15) is 13.6 Å². The summed E-state index contributed by atoms with van der Waals surface area (Å²) in [6.45, 7) is 3.62. The minimum atomic E-state index is -1.05. The number of tetrazole rings is 1. The molecule has 1 atom stereocenters. The Morgan fingerprint density at radius 2 is 1.96 bits per heavy atom. The van der Waals surface area contributed by atoms with E-state index < -0.39 is 16.9 Å². The van der Waals surface area contributed by atoms with Crippen LogP contribution < -0.4 is 0 Å². The Kier molecular flexibility index (Phi) is 4.89. The number of halogens is 2. The standard InChI is InChI=1S/C17H14F2N4OS/c1-10-4-3-5-13(8-10)23-17(20-21-22-23)25-11(2)16(24)12-6-7-14(18)15(19)9-12/h3-9,11H,1-2H3. The van der Waals surface area contributed by atoms with E-state index in [1.165, 1.54) is 10.7 Å². The molecule has 0 saturated heterocycles. The van der Waals surface area contributed by atoms with Crippen molar-refractivity contribution in [2.75, 3.05) is 0 Å². The normalized spacial score (nSPS) is 12.2. The van der Waals surface area contributed by atoms with Gasteiger partial charge in [0.05, 0.1) is 10.9 Å². The summed E-state index contributed by atoms with van der Waals surface area (Å²) in [7, 11) is 0. The molecule has 0 aliphatic heterocycles. The number of hydrogen-bond donors (Lipinski definition) is 0. The molecule has 5 nitrogen and oxygen atoms in total. The average molecular weight is 360 g/mol. The molecule has 128 valence electrons. The van der Waals surface area contributed by atoms with Gasteiger partial charge in [-0.1, -0.05) is 23.9 Å². The molecule has 8 heteroatoms. The van der Waals surface area contributed by atoms with Gasteiger partial charge in [-0.15, -0.1) is 5.10 Å². The second-order valence-electron chi connectivity index (χ2n) is 5.47. The number of Topliss-reactive ketones (excluding diaryl/α,β-unsaturated/α-hetero) is 1. The third-order valence-corrected chi connectivity index (χ3v) is 4.58. The van der Waals surface area contributed by atoms with Gasteiger partial charge in [0.2, 0.25) is 5.16 Å². The third-order valence-electron chi connectivity index (χ3n) is 3.54. The molecular weight excluding hydrogens is 346 g/mol. The number of rotatable bonds is 5. The summed E-state index contributed by atoms with van der Waals surface area (Å²) in [5.74, 6) is -2.37. The van der Waals surface area contributed by atoms with E-state index in [2.05, 4.69) is 15.5 Å². The largest absolute Gasteiger partial charge is 0.293 e. The Hall–Kier alpha value is -2.61. The van der Waals surface area contributed by atoms with Crippen molar-refractivity contribution in [3.63, 3.8) is 0 Å². The minimum absolute atomic E-state index is 0.105. The van der Waals surface area contributed by atoms with Crippen molar-refractivity contribution in [2.45, 2.75) is 24.3 Å². The van der Waals surface area contributed by atoms with Crippen LogP contribution in [0.3, 0.4) is 0 Å². The lowest BCUT2D eigenvalue weighted by Gasteiger charge is -2.10. The monoisotopic (exact) mass is 360 g/mol. The lowest BCUT2D eigenvalue weighted by Crippen LogP contribution is -2.15. The van der Waals surface area contributed by atoms with Gasteiger partial charge in [-0.2, -0.15) is 4.68 Å². The first-order chi connectivity index (χ1) is 12.0. The molecule has 0 N–H and O–H groups in total. The molecule has 1 unspecified atom stereocenters. The van der Waals surface area contributed by atoms with Gasteiger partial charge < -0.3 is 0 Å². The van der Waals surface area contributed by atoms with E-state index in [1.807, 2.05) is 31.2 Å². The molecular formula is C17H14F2N4OS. The van der Waals surface area contributed by atoms with Crippen molar-refractivity contribution < 1.29 is 13.6 Å². The smallest absolute Gasteiger partial charge is 0.214 e. The van der Waals surface area contributed by atoms with E-state index in [4.69, 9.17) is 0 Å². The Morgan fingerprint density at radius 1 is 1.16 bits per heavy atom. The highest BCUT2D eigenvalue weighted by atomic mass is 32.2. The van der Waals surface area contributed by atoms with Gasteiger partial charge in [0.25, 0.3) is 0 Å². The number of carbonyl (C=O) groups is 1. The molecule has 0 aliphatic carbocycles. The first kappa shape index (κ1) is 17.2. The summed E-state index contributed by atoms with van der Waals surface area (Å²) in [5, 5.41) is 11.4. The quantitative estimate of drug-likeness (QED) is 0.514. The van der Waals surface area contributed by atoms with Gasteiger partial charge in [0.1, 0.15) is 0 Å². The zero-order valence-electron chi connectivity index (χ0n) is 13.5. The fourth-order valence-electron chi connectivity index (χ4n) is 2.27. The molecule has 0 saturated carbocycles. The van der Waals surface area contributed by atoms with Crippen LogP contribution in [-0.2, 0) is 0 Å². The molecule has 0 bridgehead atoms. The van der Waals surface area contributed by atoms with E-state index in [0.29, 0.717) is 5.16 Å². The van der Waals surface area contributed by atoms with Gasteiger partial charge in [-0.25, -0.2) is 8.78 Å². The topological polar surface area (TPSA) is 60.7 Å². The van der Waals surface area contributed by atoms with Crippen LogP contribution in [-0.4, -0.2) is 31.2 Å². The molecule has 1 aromatic heterocycles. The van der Waals surface area contributed by atoms with Gasteiger partial charge >= 0.3 is 0 Å². The van der Waals surface area contributed by atoms with Crippen LogP contribution in [0.25, 0.3) is 5.69 Å². The molecule has 0 spiro atoms. The summed E-state index contributed by atoms with van der Waals surface area (Å²) in [6, 6.07) is 10.7. The molecule has 0 fully saturated rings. The van der Waals surface area contributed by atoms with Gasteiger partial charge in [-0.05, 0) is 60.2 Å². The van der Waals surface area contributed by atoms with Gasteiger partial charge in [-0.3, -0.25) is 4.79 Å². The first-order valence-corrected chi connectivity index (χ1v) is 8.35. The van der Waals surface area contributed by atoms with Crippen LogP contribution in [0.15, 0.2) is 47.6 Å². The van der Waals surface area contributed by atoms with Crippen molar-refractivity contribution in [3.8, 4) is 5.69 Å². The van der Waals surface area contributed by atoms with Crippen LogP contribution >= 0.6 is 11.8 Å². The van der Waals surface area contributed by atoms with E-state index in [0.717, 1.165) is 35.1 Å². The highest BCUT2D eigenvalue weighted by Crippen LogP contribution is 2.26. The van der Waals surface area contributed by atoms with Gasteiger partial charge in [0, 0.05) is 5.56 Å². The number of thioether (sulfide) groups is 1. The van der Waals surface area contributed by atoms with Crippen LogP contribution in [0.5, 0.6) is 0 Å². The summed E-state index contributed by atoms with van der Waals surface area (Å²) in [4.78, 5) is 12.4. The van der Waals surface area contributed by atoms with Gasteiger partial charge in [0.15, 0.2) is 17.4 Å². The molecule has 1 heterocycles. The van der Waals surface area contributed by atoms with Crippen LogP contribution in [0.4, 0.5) is 8.78 Å². The number of carbonyl (C=O) groups excluding carboxylic acids is 1. The fraction of sp³-hybridized carbons (Fsp3) is 0.176. The Labute approximate surface area is 147 Å². The summed E-state index contributed by atoms with van der Waals surface area (Å²) < 4.78 is 27.9. The van der Waals surface area contributed by atoms with E-state index in [1.54, 1.807) is 6.92 Å². The van der Waals surface area contributed by atoms with Crippen LogP contribution in [0.1, 0.15) is 22.8 Å². The SMILES string of the molecule is Cc1cccc(-n2nnnc2SC(C)C(=O)c2ccc(F)c(F)c2)c1. The summed E-state index contributed by atoms with van der Waals surface area (Å²) >= 11 is 1.15. The van der Waals surface area contributed by atoms with E-state index in [-0.39, 0.29) is 11.3 Å². The number of nitrogens with zero attached hydrogens (tertiary/aromatic N) is 4. The average Bonchev–Trinajstić information content (AvgIpc) is 3.04. The summed E-state index contributed by atoms with van der Waals surface area (Å²) in [5.41, 5.74) is 1.93. The van der Waals surface area contributed by atoms with Crippen molar-refractivity contribution >= 4 is 17.5 Å². The second kappa shape index (κ2) is 7.10. The number of ketones is 1. The predicted octanol–water partition coefficient (Wildman–Crippen LogP) is 3.61. The molecule has 3 aromatic rings. The molecule has 3 rings (SSSR count). The van der Waals surface area contributed by atoms with E-state index >= 15 is 0 Å².